The van der Waals surface area contributed by atoms with Gasteiger partial charge in [0.2, 0.25) is 5.91 Å². The maximum absolute atomic E-state index is 11.7. The Morgan fingerprint density at radius 1 is 1.32 bits per heavy atom. The standard InChI is InChI=1S/C14H20ClNO2S/c1-3-14(18,4-2)10-16-13(17)9-19-12-7-5-11(15)6-8-12/h5-8,18H,3-4,9-10H2,1-2H3,(H,16,17). The van der Waals surface area contributed by atoms with Crippen molar-refractivity contribution in [2.24, 2.45) is 0 Å². The van der Waals surface area contributed by atoms with E-state index in [4.69, 9.17) is 11.6 Å². The second-order valence-electron chi connectivity index (χ2n) is 4.45. The summed E-state index contributed by atoms with van der Waals surface area (Å²) in [6.07, 6.45) is 1.27. The first-order valence-corrected chi connectivity index (χ1v) is 7.73. The number of nitrogens with one attached hydrogen (secondary N) is 1. The number of rotatable bonds is 7. The molecule has 0 aliphatic carbocycles. The third-order valence-corrected chi connectivity index (χ3v) is 4.38. The monoisotopic (exact) mass is 301 g/mol. The zero-order valence-corrected chi connectivity index (χ0v) is 12.9. The zero-order chi connectivity index (χ0) is 14.3. The molecular weight excluding hydrogens is 282 g/mol. The Hall–Kier alpha value is -0.710. The number of amides is 1. The van der Waals surface area contributed by atoms with Gasteiger partial charge in [0.15, 0.2) is 0 Å². The molecule has 0 bridgehead atoms. The number of carbonyl (C=O) groups excluding carboxylic acids is 1. The van der Waals surface area contributed by atoms with Crippen molar-refractivity contribution in [1.29, 1.82) is 0 Å². The van der Waals surface area contributed by atoms with E-state index in [1.807, 2.05) is 26.0 Å². The zero-order valence-electron chi connectivity index (χ0n) is 11.3. The summed E-state index contributed by atoms with van der Waals surface area (Å²) in [6, 6.07) is 7.37. The Labute approximate surface area is 123 Å². The molecule has 19 heavy (non-hydrogen) atoms. The molecule has 0 aromatic heterocycles. The molecule has 3 nitrogen and oxygen atoms in total. The predicted octanol–water partition coefficient (Wildman–Crippen LogP) is 3.10. The first-order valence-electron chi connectivity index (χ1n) is 6.36. The van der Waals surface area contributed by atoms with Crippen LogP contribution in [0.25, 0.3) is 0 Å². The van der Waals surface area contributed by atoms with Crippen LogP contribution in [0.5, 0.6) is 0 Å². The van der Waals surface area contributed by atoms with Crippen LogP contribution in [0.1, 0.15) is 26.7 Å². The van der Waals surface area contributed by atoms with Crippen LogP contribution in [0, 0.1) is 0 Å². The number of hydrogen-bond donors (Lipinski definition) is 2. The number of hydrogen-bond acceptors (Lipinski definition) is 3. The van der Waals surface area contributed by atoms with Crippen molar-refractivity contribution in [2.75, 3.05) is 12.3 Å². The van der Waals surface area contributed by atoms with E-state index in [1.54, 1.807) is 12.1 Å². The minimum absolute atomic E-state index is 0.0692. The highest BCUT2D eigenvalue weighted by Gasteiger charge is 2.22. The number of halogens is 1. The fourth-order valence-electron chi connectivity index (χ4n) is 1.49. The highest BCUT2D eigenvalue weighted by atomic mass is 35.5. The molecule has 0 aliphatic rings. The van der Waals surface area contributed by atoms with E-state index < -0.39 is 5.60 Å². The Balaban J connectivity index is 2.34. The Morgan fingerprint density at radius 3 is 2.42 bits per heavy atom. The fraction of sp³-hybridized carbons (Fsp3) is 0.500. The van der Waals surface area contributed by atoms with E-state index in [9.17, 15) is 9.90 Å². The molecular formula is C14H20ClNO2S. The molecule has 0 unspecified atom stereocenters. The number of carbonyl (C=O) groups is 1. The van der Waals surface area contributed by atoms with E-state index in [0.29, 0.717) is 30.2 Å². The van der Waals surface area contributed by atoms with Crippen LogP contribution in [-0.4, -0.2) is 28.9 Å². The van der Waals surface area contributed by atoms with Crippen molar-refractivity contribution in [3.63, 3.8) is 0 Å². The van der Waals surface area contributed by atoms with Crippen LogP contribution < -0.4 is 5.32 Å². The second kappa shape index (κ2) is 7.78. The third-order valence-electron chi connectivity index (χ3n) is 3.11. The topological polar surface area (TPSA) is 49.3 Å². The maximum atomic E-state index is 11.7. The van der Waals surface area contributed by atoms with Gasteiger partial charge < -0.3 is 10.4 Å². The van der Waals surface area contributed by atoms with Crippen LogP contribution in [-0.2, 0) is 4.79 Å². The van der Waals surface area contributed by atoms with Crippen LogP contribution in [0.4, 0.5) is 0 Å². The first kappa shape index (κ1) is 16.3. The van der Waals surface area contributed by atoms with Gasteiger partial charge in [0.1, 0.15) is 0 Å². The van der Waals surface area contributed by atoms with Crippen LogP contribution in [0.15, 0.2) is 29.2 Å². The van der Waals surface area contributed by atoms with E-state index in [-0.39, 0.29) is 5.91 Å². The average molecular weight is 302 g/mol. The van der Waals surface area contributed by atoms with Crippen LogP contribution >= 0.6 is 23.4 Å². The van der Waals surface area contributed by atoms with Crippen molar-refractivity contribution in [3.05, 3.63) is 29.3 Å². The van der Waals surface area contributed by atoms with E-state index in [1.165, 1.54) is 11.8 Å². The second-order valence-corrected chi connectivity index (χ2v) is 5.94. The minimum Gasteiger partial charge on any atom is -0.388 e. The number of thioether (sulfide) groups is 1. The van der Waals surface area contributed by atoms with Gasteiger partial charge in [0.05, 0.1) is 11.4 Å². The van der Waals surface area contributed by atoms with Crippen molar-refractivity contribution in [2.45, 2.75) is 37.2 Å². The van der Waals surface area contributed by atoms with E-state index >= 15 is 0 Å². The molecule has 5 heteroatoms. The van der Waals surface area contributed by atoms with Gasteiger partial charge in [-0.25, -0.2) is 0 Å². The number of benzene rings is 1. The summed E-state index contributed by atoms with van der Waals surface area (Å²) in [6.45, 7) is 4.14. The molecule has 1 aromatic carbocycles. The van der Waals surface area contributed by atoms with Gasteiger partial charge in [-0.15, -0.1) is 11.8 Å². The normalized spacial score (nSPS) is 11.4. The average Bonchev–Trinajstić information content (AvgIpc) is 2.44. The smallest absolute Gasteiger partial charge is 0.230 e. The predicted molar refractivity (Wildman–Crippen MR) is 80.7 cm³/mol. The molecule has 0 radical (unpaired) electrons. The summed E-state index contributed by atoms with van der Waals surface area (Å²) in [5.74, 6) is 0.269. The molecule has 0 saturated heterocycles. The summed E-state index contributed by atoms with van der Waals surface area (Å²) in [7, 11) is 0. The molecule has 0 fully saturated rings. The van der Waals surface area contributed by atoms with Crippen LogP contribution in [0.2, 0.25) is 5.02 Å². The highest BCUT2D eigenvalue weighted by molar-refractivity contribution is 8.00. The summed E-state index contributed by atoms with van der Waals surface area (Å²) in [5, 5.41) is 13.5. The van der Waals surface area contributed by atoms with Gasteiger partial charge in [-0.1, -0.05) is 25.4 Å². The first-order chi connectivity index (χ1) is 8.99. The lowest BCUT2D eigenvalue weighted by molar-refractivity contribution is -0.119. The molecule has 1 rings (SSSR count). The van der Waals surface area contributed by atoms with Gasteiger partial charge >= 0.3 is 0 Å². The maximum Gasteiger partial charge on any atom is 0.230 e. The molecule has 0 spiro atoms. The minimum atomic E-state index is -0.791. The molecule has 0 atom stereocenters. The molecule has 0 heterocycles. The summed E-state index contributed by atoms with van der Waals surface area (Å²) in [5.41, 5.74) is -0.791. The lowest BCUT2D eigenvalue weighted by atomic mass is 9.98. The lowest BCUT2D eigenvalue weighted by Gasteiger charge is -2.25. The van der Waals surface area contributed by atoms with Crippen molar-refractivity contribution < 1.29 is 9.90 Å². The van der Waals surface area contributed by atoms with Gasteiger partial charge in [0, 0.05) is 16.5 Å². The number of aliphatic hydroxyl groups is 1. The third kappa shape index (κ3) is 5.85. The Morgan fingerprint density at radius 2 is 1.89 bits per heavy atom. The molecule has 2 N–H and O–H groups in total. The lowest BCUT2D eigenvalue weighted by Crippen LogP contribution is -2.42. The Bertz CT molecular complexity index is 404. The fourth-order valence-corrected chi connectivity index (χ4v) is 2.35. The molecule has 0 aliphatic heterocycles. The van der Waals surface area contributed by atoms with E-state index in [2.05, 4.69) is 5.32 Å². The Kier molecular flexibility index (Phi) is 6.69. The summed E-state index contributed by atoms with van der Waals surface area (Å²) < 4.78 is 0. The van der Waals surface area contributed by atoms with Gasteiger partial charge in [-0.3, -0.25) is 4.79 Å². The van der Waals surface area contributed by atoms with Crippen molar-refractivity contribution >= 4 is 29.3 Å². The molecule has 1 aromatic rings. The summed E-state index contributed by atoms with van der Waals surface area (Å²) in [4.78, 5) is 12.7. The van der Waals surface area contributed by atoms with Crippen molar-refractivity contribution in [1.82, 2.24) is 5.32 Å². The van der Waals surface area contributed by atoms with E-state index in [0.717, 1.165) is 4.90 Å². The highest BCUT2D eigenvalue weighted by Crippen LogP contribution is 2.20. The van der Waals surface area contributed by atoms with Crippen LogP contribution in [0.3, 0.4) is 0 Å². The molecule has 106 valence electrons. The van der Waals surface area contributed by atoms with Gasteiger partial charge in [-0.2, -0.15) is 0 Å². The van der Waals surface area contributed by atoms with Crippen molar-refractivity contribution in [3.8, 4) is 0 Å². The summed E-state index contributed by atoms with van der Waals surface area (Å²) >= 11 is 7.24. The largest absolute Gasteiger partial charge is 0.388 e. The SMILES string of the molecule is CCC(O)(CC)CNC(=O)CSc1ccc(Cl)cc1. The molecule has 1 amide bonds. The molecule has 0 saturated carbocycles. The van der Waals surface area contributed by atoms with Gasteiger partial charge in [-0.05, 0) is 37.1 Å². The quantitative estimate of drug-likeness (QED) is 0.761. The van der Waals surface area contributed by atoms with Gasteiger partial charge in [0.25, 0.3) is 0 Å².